The van der Waals surface area contributed by atoms with Gasteiger partial charge in [0.2, 0.25) is 0 Å². The number of likely N-dealkylation sites (tertiary alicyclic amines) is 1. The van der Waals surface area contributed by atoms with Gasteiger partial charge in [-0.3, -0.25) is 14.2 Å². The molecule has 2 amide bonds. The summed E-state index contributed by atoms with van der Waals surface area (Å²) in [4.78, 5) is 29.0. The molecule has 29 heavy (non-hydrogen) atoms. The van der Waals surface area contributed by atoms with E-state index in [4.69, 9.17) is 4.74 Å². The maximum Gasteiger partial charge on any atom is 0.409 e. The van der Waals surface area contributed by atoms with Crippen LogP contribution >= 0.6 is 0 Å². The van der Waals surface area contributed by atoms with E-state index in [2.05, 4.69) is 10.2 Å². The number of nitrogens with zero attached hydrogens (tertiary/aromatic N) is 6. The van der Waals surface area contributed by atoms with Gasteiger partial charge in [-0.1, -0.05) is 0 Å². The van der Waals surface area contributed by atoms with Gasteiger partial charge in [-0.05, 0) is 45.7 Å². The third-order valence-corrected chi connectivity index (χ3v) is 5.46. The van der Waals surface area contributed by atoms with Gasteiger partial charge in [0.1, 0.15) is 0 Å². The summed E-state index contributed by atoms with van der Waals surface area (Å²) in [6, 6.07) is 3.83. The molecule has 1 saturated heterocycles. The van der Waals surface area contributed by atoms with E-state index in [0.29, 0.717) is 44.8 Å². The van der Waals surface area contributed by atoms with Crippen molar-refractivity contribution in [3.05, 3.63) is 34.9 Å². The molecule has 1 aliphatic heterocycles. The molecule has 0 aliphatic carbocycles. The van der Waals surface area contributed by atoms with E-state index in [1.807, 2.05) is 49.7 Å². The van der Waals surface area contributed by atoms with Crippen LogP contribution in [-0.4, -0.2) is 67.1 Å². The molecule has 0 radical (unpaired) electrons. The lowest BCUT2D eigenvalue weighted by Crippen LogP contribution is -2.48. The topological polar surface area (TPSA) is 85.5 Å². The Morgan fingerprint density at radius 2 is 1.83 bits per heavy atom. The number of amides is 2. The highest BCUT2D eigenvalue weighted by molar-refractivity contribution is 5.92. The maximum absolute atomic E-state index is 13.4. The monoisotopic (exact) mass is 402 g/mol. The van der Waals surface area contributed by atoms with E-state index in [0.717, 1.165) is 17.1 Å². The van der Waals surface area contributed by atoms with Gasteiger partial charge in [0.05, 0.1) is 24.5 Å². The van der Waals surface area contributed by atoms with E-state index >= 15 is 0 Å². The molecule has 1 fully saturated rings. The van der Waals surface area contributed by atoms with Gasteiger partial charge in [-0.25, -0.2) is 4.79 Å². The molecule has 3 rings (SSSR count). The SMILES string of the molecule is CCOC(=O)N1CCC(N(Cc2cc(C)nn2C)C(=O)c2cc(C)n(C)n2)CC1. The van der Waals surface area contributed by atoms with Gasteiger partial charge < -0.3 is 14.5 Å². The summed E-state index contributed by atoms with van der Waals surface area (Å²) in [6.07, 6.45) is 1.12. The molecule has 0 N–H and O–H groups in total. The minimum absolute atomic E-state index is 0.0192. The molecule has 9 nitrogen and oxygen atoms in total. The highest BCUT2D eigenvalue weighted by atomic mass is 16.6. The standard InChI is InChI=1S/C20H30N6O3/c1-6-29-20(28)25-9-7-16(8-10-25)26(13-17-11-14(2)21-24(17)5)19(27)18-12-15(3)23(4)22-18/h11-12,16H,6-10,13H2,1-5H3. The molecule has 0 aromatic carbocycles. The van der Waals surface area contributed by atoms with Crippen molar-refractivity contribution in [1.29, 1.82) is 0 Å². The average molecular weight is 402 g/mol. The van der Waals surface area contributed by atoms with Crippen LogP contribution in [0.3, 0.4) is 0 Å². The van der Waals surface area contributed by atoms with E-state index in [1.165, 1.54) is 0 Å². The number of aromatic nitrogens is 4. The molecule has 9 heteroatoms. The van der Waals surface area contributed by atoms with Crippen LogP contribution < -0.4 is 0 Å². The first-order valence-corrected chi connectivity index (χ1v) is 10.0. The third-order valence-electron chi connectivity index (χ3n) is 5.46. The van der Waals surface area contributed by atoms with Gasteiger partial charge in [-0.15, -0.1) is 0 Å². The Balaban J connectivity index is 1.80. The molecule has 2 aromatic heterocycles. The predicted octanol–water partition coefficient (Wildman–Crippen LogP) is 2.03. The average Bonchev–Trinajstić information content (AvgIpc) is 3.20. The van der Waals surface area contributed by atoms with E-state index in [9.17, 15) is 9.59 Å². The van der Waals surface area contributed by atoms with Gasteiger partial charge in [0.15, 0.2) is 5.69 Å². The first-order chi connectivity index (χ1) is 13.8. The van der Waals surface area contributed by atoms with E-state index < -0.39 is 0 Å². The van der Waals surface area contributed by atoms with Gasteiger partial charge in [-0.2, -0.15) is 10.2 Å². The number of ether oxygens (including phenoxy) is 1. The Hall–Kier alpha value is -2.84. The summed E-state index contributed by atoms with van der Waals surface area (Å²) >= 11 is 0. The van der Waals surface area contributed by atoms with Crippen LogP contribution in [-0.2, 0) is 25.4 Å². The van der Waals surface area contributed by atoms with E-state index in [1.54, 1.807) is 16.5 Å². The highest BCUT2D eigenvalue weighted by Gasteiger charge is 2.32. The maximum atomic E-state index is 13.4. The Morgan fingerprint density at radius 1 is 1.14 bits per heavy atom. The summed E-state index contributed by atoms with van der Waals surface area (Å²) < 4.78 is 8.63. The van der Waals surface area contributed by atoms with Crippen molar-refractivity contribution >= 4 is 12.0 Å². The molecule has 0 bridgehead atoms. The molecule has 1 aliphatic rings. The molecule has 3 heterocycles. The van der Waals surface area contributed by atoms with Crippen molar-refractivity contribution in [2.45, 2.75) is 46.2 Å². The molecule has 0 atom stereocenters. The Kier molecular flexibility index (Phi) is 6.24. The lowest BCUT2D eigenvalue weighted by Gasteiger charge is -2.37. The second kappa shape index (κ2) is 8.67. The van der Waals surface area contributed by atoms with Crippen LogP contribution in [0.25, 0.3) is 0 Å². The fraction of sp³-hybridized carbons (Fsp3) is 0.600. The minimum atomic E-state index is -0.286. The predicted molar refractivity (Wildman–Crippen MR) is 107 cm³/mol. The fourth-order valence-corrected chi connectivity index (χ4v) is 3.74. The summed E-state index contributed by atoms with van der Waals surface area (Å²) in [5, 5.41) is 8.79. The summed E-state index contributed by atoms with van der Waals surface area (Å²) in [5.41, 5.74) is 3.26. The largest absolute Gasteiger partial charge is 0.450 e. The van der Waals surface area contributed by atoms with Crippen LogP contribution in [0.2, 0.25) is 0 Å². The molecule has 0 saturated carbocycles. The molecular formula is C20H30N6O3. The van der Waals surface area contributed by atoms with Crippen molar-refractivity contribution in [2.75, 3.05) is 19.7 Å². The lowest BCUT2D eigenvalue weighted by atomic mass is 10.0. The highest BCUT2D eigenvalue weighted by Crippen LogP contribution is 2.22. The van der Waals surface area contributed by atoms with Gasteiger partial charge in [0.25, 0.3) is 5.91 Å². The molecule has 158 valence electrons. The molecule has 0 unspecified atom stereocenters. The van der Waals surface area contributed by atoms with Crippen molar-refractivity contribution in [3.8, 4) is 0 Å². The smallest absolute Gasteiger partial charge is 0.409 e. The number of aryl methyl sites for hydroxylation is 4. The summed E-state index contributed by atoms with van der Waals surface area (Å²) in [7, 11) is 3.72. The van der Waals surface area contributed by atoms with Crippen LogP contribution in [0.4, 0.5) is 4.79 Å². The van der Waals surface area contributed by atoms with Gasteiger partial charge in [0, 0.05) is 38.9 Å². The first-order valence-electron chi connectivity index (χ1n) is 10.0. The van der Waals surface area contributed by atoms with Crippen molar-refractivity contribution in [1.82, 2.24) is 29.4 Å². The molecule has 0 spiro atoms. The molecular weight excluding hydrogens is 372 g/mol. The second-order valence-electron chi connectivity index (χ2n) is 7.55. The summed E-state index contributed by atoms with van der Waals surface area (Å²) in [6.45, 7) is 7.62. The van der Waals surface area contributed by atoms with Crippen LogP contribution in [0, 0.1) is 13.8 Å². The number of hydrogen-bond acceptors (Lipinski definition) is 5. The van der Waals surface area contributed by atoms with Crippen LogP contribution in [0.5, 0.6) is 0 Å². The van der Waals surface area contributed by atoms with E-state index in [-0.39, 0.29) is 18.0 Å². The number of hydrogen-bond donors (Lipinski definition) is 0. The third kappa shape index (κ3) is 4.60. The van der Waals surface area contributed by atoms with Crippen molar-refractivity contribution in [3.63, 3.8) is 0 Å². The van der Waals surface area contributed by atoms with Gasteiger partial charge >= 0.3 is 6.09 Å². The number of rotatable bonds is 5. The zero-order chi connectivity index (χ0) is 21.1. The van der Waals surface area contributed by atoms with Crippen molar-refractivity contribution in [2.24, 2.45) is 14.1 Å². The Bertz CT molecular complexity index is 859. The first kappa shape index (κ1) is 20.9. The Labute approximate surface area is 171 Å². The van der Waals surface area contributed by atoms with Crippen LogP contribution in [0.1, 0.15) is 47.3 Å². The zero-order valence-corrected chi connectivity index (χ0v) is 17.9. The van der Waals surface area contributed by atoms with Crippen LogP contribution in [0.15, 0.2) is 12.1 Å². The van der Waals surface area contributed by atoms with Crippen molar-refractivity contribution < 1.29 is 14.3 Å². The normalized spacial score (nSPS) is 14.9. The fourth-order valence-electron chi connectivity index (χ4n) is 3.74. The second-order valence-corrected chi connectivity index (χ2v) is 7.55. The lowest BCUT2D eigenvalue weighted by molar-refractivity contribution is 0.0505. The molecule has 2 aromatic rings. The number of carbonyl (C=O) groups excluding carboxylic acids is 2. The number of carbonyl (C=O) groups is 2. The summed E-state index contributed by atoms with van der Waals surface area (Å²) in [5.74, 6) is -0.0952. The zero-order valence-electron chi connectivity index (χ0n) is 17.9. The minimum Gasteiger partial charge on any atom is -0.450 e. The quantitative estimate of drug-likeness (QED) is 0.764. The number of piperidine rings is 1. The Morgan fingerprint density at radius 3 is 2.34 bits per heavy atom.